The van der Waals surface area contributed by atoms with E-state index >= 15 is 0 Å². The minimum atomic E-state index is 0.732. The van der Waals surface area contributed by atoms with Gasteiger partial charge in [-0.05, 0) is 48.2 Å². The Morgan fingerprint density at radius 3 is 2.25 bits per heavy atom. The molecule has 3 rings (SSSR count). The van der Waals surface area contributed by atoms with Crippen LogP contribution in [0.3, 0.4) is 0 Å². The third-order valence-electron chi connectivity index (χ3n) is 3.67. The number of nitrogens with two attached hydrogens (primary N) is 1. The first kappa shape index (κ1) is 13.7. The SMILES string of the molecule is Nc1cccc(CN(Cc2cccc(Br)c2)C2CC2)c1. The Balaban J connectivity index is 1.73. The van der Waals surface area contributed by atoms with Crippen molar-refractivity contribution in [2.24, 2.45) is 0 Å². The summed E-state index contributed by atoms with van der Waals surface area (Å²) in [5.41, 5.74) is 9.38. The predicted octanol–water partition coefficient (Wildman–Crippen LogP) is 4.20. The number of hydrogen-bond donors (Lipinski definition) is 1. The van der Waals surface area contributed by atoms with Crippen LogP contribution in [-0.2, 0) is 13.1 Å². The summed E-state index contributed by atoms with van der Waals surface area (Å²) in [6, 6.07) is 17.5. The molecule has 1 aliphatic rings. The Morgan fingerprint density at radius 2 is 1.65 bits per heavy atom. The lowest BCUT2D eigenvalue weighted by Gasteiger charge is -2.22. The topological polar surface area (TPSA) is 29.3 Å². The van der Waals surface area contributed by atoms with Crippen LogP contribution in [0.25, 0.3) is 0 Å². The highest BCUT2D eigenvalue weighted by Gasteiger charge is 2.28. The zero-order valence-corrected chi connectivity index (χ0v) is 13.0. The Bertz CT molecular complexity index is 546. The van der Waals surface area contributed by atoms with Gasteiger partial charge >= 0.3 is 0 Å². The second kappa shape index (κ2) is 5.98. The van der Waals surface area contributed by atoms with Crippen LogP contribution >= 0.6 is 15.9 Å². The maximum atomic E-state index is 5.87. The fourth-order valence-corrected chi connectivity index (χ4v) is 3.00. The first-order valence-corrected chi connectivity index (χ1v) is 7.83. The van der Waals surface area contributed by atoms with Gasteiger partial charge in [0, 0.05) is 29.3 Å². The van der Waals surface area contributed by atoms with Crippen LogP contribution in [-0.4, -0.2) is 10.9 Å². The Hall–Kier alpha value is -1.32. The summed E-state index contributed by atoms with van der Waals surface area (Å²) in [5.74, 6) is 0. The summed E-state index contributed by atoms with van der Waals surface area (Å²) >= 11 is 3.55. The van der Waals surface area contributed by atoms with Gasteiger partial charge in [0.2, 0.25) is 0 Å². The molecule has 0 atom stereocenters. The van der Waals surface area contributed by atoms with Gasteiger partial charge in [0.05, 0.1) is 0 Å². The molecule has 0 saturated heterocycles. The van der Waals surface area contributed by atoms with Gasteiger partial charge in [0.25, 0.3) is 0 Å². The van der Waals surface area contributed by atoms with Gasteiger partial charge in [-0.15, -0.1) is 0 Å². The number of benzene rings is 2. The highest BCUT2D eigenvalue weighted by atomic mass is 79.9. The van der Waals surface area contributed by atoms with Crippen LogP contribution in [0.1, 0.15) is 24.0 Å². The Kier molecular flexibility index (Phi) is 4.08. The number of halogens is 1. The van der Waals surface area contributed by atoms with E-state index in [1.54, 1.807) is 0 Å². The standard InChI is InChI=1S/C17H19BrN2/c18-15-5-1-3-13(9-15)11-20(17-7-8-17)12-14-4-2-6-16(19)10-14/h1-6,9-10,17H,7-8,11-12,19H2. The van der Waals surface area contributed by atoms with Crippen molar-refractivity contribution in [3.8, 4) is 0 Å². The fourth-order valence-electron chi connectivity index (χ4n) is 2.55. The van der Waals surface area contributed by atoms with Crippen LogP contribution in [0.4, 0.5) is 5.69 Å². The maximum Gasteiger partial charge on any atom is 0.0317 e. The second-order valence-electron chi connectivity index (χ2n) is 5.51. The molecule has 0 heterocycles. The molecule has 1 aliphatic carbocycles. The molecule has 2 N–H and O–H groups in total. The zero-order chi connectivity index (χ0) is 13.9. The van der Waals surface area contributed by atoms with E-state index < -0.39 is 0 Å². The minimum Gasteiger partial charge on any atom is -0.399 e. The number of rotatable bonds is 5. The van der Waals surface area contributed by atoms with Gasteiger partial charge < -0.3 is 5.73 Å². The van der Waals surface area contributed by atoms with E-state index in [0.29, 0.717) is 0 Å². The Labute approximate surface area is 128 Å². The third kappa shape index (κ3) is 3.62. The molecule has 0 amide bonds. The van der Waals surface area contributed by atoms with E-state index in [-0.39, 0.29) is 0 Å². The molecule has 20 heavy (non-hydrogen) atoms. The number of nitrogens with zero attached hydrogens (tertiary/aromatic N) is 1. The lowest BCUT2D eigenvalue weighted by molar-refractivity contribution is 0.246. The minimum absolute atomic E-state index is 0.732. The third-order valence-corrected chi connectivity index (χ3v) is 4.17. The van der Waals surface area contributed by atoms with Gasteiger partial charge in [-0.1, -0.05) is 40.2 Å². The summed E-state index contributed by atoms with van der Waals surface area (Å²) in [6.07, 6.45) is 2.63. The zero-order valence-electron chi connectivity index (χ0n) is 11.4. The number of anilines is 1. The molecule has 1 fully saturated rings. The molecule has 0 spiro atoms. The number of nitrogen functional groups attached to an aromatic ring is 1. The summed E-state index contributed by atoms with van der Waals surface area (Å²) in [6.45, 7) is 1.97. The molecular weight excluding hydrogens is 312 g/mol. The van der Waals surface area contributed by atoms with Crippen molar-refractivity contribution in [1.29, 1.82) is 0 Å². The molecule has 104 valence electrons. The molecule has 0 radical (unpaired) electrons. The summed E-state index contributed by atoms with van der Waals surface area (Å²) in [7, 11) is 0. The van der Waals surface area contributed by atoms with E-state index in [1.165, 1.54) is 24.0 Å². The summed E-state index contributed by atoms with van der Waals surface area (Å²) < 4.78 is 1.15. The van der Waals surface area contributed by atoms with E-state index in [1.807, 2.05) is 12.1 Å². The molecule has 0 aromatic heterocycles. The van der Waals surface area contributed by atoms with Crippen molar-refractivity contribution >= 4 is 21.6 Å². The monoisotopic (exact) mass is 330 g/mol. The van der Waals surface area contributed by atoms with E-state index in [0.717, 1.165) is 29.3 Å². The molecule has 0 bridgehead atoms. The van der Waals surface area contributed by atoms with Crippen molar-refractivity contribution in [3.05, 3.63) is 64.1 Å². The maximum absolute atomic E-state index is 5.87. The second-order valence-corrected chi connectivity index (χ2v) is 6.43. The molecular formula is C17H19BrN2. The van der Waals surface area contributed by atoms with E-state index in [9.17, 15) is 0 Å². The average Bonchev–Trinajstić information content (AvgIpc) is 3.22. The first-order chi connectivity index (χ1) is 9.70. The molecule has 2 aromatic rings. The molecule has 2 nitrogen and oxygen atoms in total. The Morgan fingerprint density at radius 1 is 1.00 bits per heavy atom. The van der Waals surface area contributed by atoms with Crippen molar-refractivity contribution in [2.45, 2.75) is 32.0 Å². The fraction of sp³-hybridized carbons (Fsp3) is 0.294. The van der Waals surface area contributed by atoms with Gasteiger partial charge in [0.15, 0.2) is 0 Å². The highest BCUT2D eigenvalue weighted by Crippen LogP contribution is 2.30. The van der Waals surface area contributed by atoms with E-state index in [2.05, 4.69) is 57.2 Å². The van der Waals surface area contributed by atoms with Crippen molar-refractivity contribution in [3.63, 3.8) is 0 Å². The summed E-state index contributed by atoms with van der Waals surface area (Å²) in [4.78, 5) is 2.55. The van der Waals surface area contributed by atoms with Crippen LogP contribution in [0.15, 0.2) is 53.0 Å². The quantitative estimate of drug-likeness (QED) is 0.832. The van der Waals surface area contributed by atoms with Crippen LogP contribution < -0.4 is 5.73 Å². The molecule has 3 heteroatoms. The van der Waals surface area contributed by atoms with E-state index in [4.69, 9.17) is 5.73 Å². The smallest absolute Gasteiger partial charge is 0.0317 e. The molecule has 1 saturated carbocycles. The van der Waals surface area contributed by atoms with Gasteiger partial charge in [-0.3, -0.25) is 4.90 Å². The van der Waals surface area contributed by atoms with Crippen molar-refractivity contribution in [1.82, 2.24) is 4.90 Å². The normalized spacial score (nSPS) is 14.7. The van der Waals surface area contributed by atoms with Gasteiger partial charge in [0.1, 0.15) is 0 Å². The molecule has 2 aromatic carbocycles. The summed E-state index contributed by atoms with van der Waals surface area (Å²) in [5, 5.41) is 0. The molecule has 0 unspecified atom stereocenters. The van der Waals surface area contributed by atoms with Crippen molar-refractivity contribution in [2.75, 3.05) is 5.73 Å². The molecule has 0 aliphatic heterocycles. The average molecular weight is 331 g/mol. The highest BCUT2D eigenvalue weighted by molar-refractivity contribution is 9.10. The van der Waals surface area contributed by atoms with Crippen LogP contribution in [0.2, 0.25) is 0 Å². The largest absolute Gasteiger partial charge is 0.399 e. The van der Waals surface area contributed by atoms with Crippen LogP contribution in [0, 0.1) is 0 Å². The number of hydrogen-bond acceptors (Lipinski definition) is 2. The van der Waals surface area contributed by atoms with Gasteiger partial charge in [-0.2, -0.15) is 0 Å². The van der Waals surface area contributed by atoms with Crippen molar-refractivity contribution < 1.29 is 0 Å². The lowest BCUT2D eigenvalue weighted by atomic mass is 10.1. The predicted molar refractivity (Wildman–Crippen MR) is 87.3 cm³/mol. The lowest BCUT2D eigenvalue weighted by Crippen LogP contribution is -2.25. The first-order valence-electron chi connectivity index (χ1n) is 7.03. The van der Waals surface area contributed by atoms with Crippen LogP contribution in [0.5, 0.6) is 0 Å². The van der Waals surface area contributed by atoms with Gasteiger partial charge in [-0.25, -0.2) is 0 Å².